The highest BCUT2D eigenvalue weighted by Gasteiger charge is 2.07. The van der Waals surface area contributed by atoms with Gasteiger partial charge in [0.15, 0.2) is 5.78 Å². The fourth-order valence-electron chi connectivity index (χ4n) is 2.61. The Hall–Kier alpha value is -1.49. The number of ether oxygens (including phenoxy) is 1. The molecule has 0 N–H and O–H groups in total. The zero-order valence-corrected chi connectivity index (χ0v) is 16.6. The third-order valence-corrected chi connectivity index (χ3v) is 5.03. The maximum absolute atomic E-state index is 11.9. The van der Waals surface area contributed by atoms with Crippen LogP contribution >= 0.6 is 11.3 Å². The van der Waals surface area contributed by atoms with Gasteiger partial charge in [-0.25, -0.2) is 4.98 Å². The number of unbranched alkanes of at least 4 members (excludes halogenated alkanes) is 5. The van der Waals surface area contributed by atoms with Crippen molar-refractivity contribution in [3.8, 4) is 0 Å². The molecule has 0 fully saturated rings. The number of ketones is 1. The van der Waals surface area contributed by atoms with Crippen LogP contribution in [-0.2, 0) is 20.7 Å². The second-order valence-electron chi connectivity index (χ2n) is 6.29. The minimum absolute atomic E-state index is 0.133. The minimum Gasteiger partial charge on any atom is -0.469 e. The number of aryl methyl sites for hydroxylation is 2. The number of esters is 1. The lowest BCUT2D eigenvalue weighted by molar-refractivity contribution is -0.140. The van der Waals surface area contributed by atoms with Gasteiger partial charge in [0, 0.05) is 12.8 Å². The van der Waals surface area contributed by atoms with Crippen molar-refractivity contribution in [1.82, 2.24) is 4.98 Å². The van der Waals surface area contributed by atoms with E-state index in [9.17, 15) is 9.59 Å². The van der Waals surface area contributed by atoms with Gasteiger partial charge in [-0.3, -0.25) is 9.59 Å². The number of carbonyl (C=O) groups excluding carboxylic acids is 2. The van der Waals surface area contributed by atoms with Gasteiger partial charge in [0.2, 0.25) is 0 Å². The van der Waals surface area contributed by atoms with Crippen LogP contribution in [0.4, 0.5) is 0 Å². The number of allylic oxidation sites excluding steroid dienone is 1. The Balaban J connectivity index is 2.38. The first kappa shape index (κ1) is 21.6. The van der Waals surface area contributed by atoms with Crippen LogP contribution in [0.2, 0.25) is 0 Å². The second-order valence-corrected chi connectivity index (χ2v) is 7.53. The molecule has 0 aliphatic rings. The molecule has 1 rings (SSSR count). The number of methoxy groups -OCH3 is 1. The molecule has 0 aromatic carbocycles. The summed E-state index contributed by atoms with van der Waals surface area (Å²) < 4.78 is 4.64. The standard InChI is InChI=1S/C20H31NO3S/c1-4-5-8-11-17(22)14-15-19-18(21-16(2)25-19)12-9-6-7-10-13-20(23)24-3/h14-15H,4-13H2,1-3H3/b15-14+. The Kier molecular flexibility index (Phi) is 11.0. The van der Waals surface area contributed by atoms with Gasteiger partial charge in [-0.05, 0) is 44.8 Å². The number of rotatable bonds is 13. The van der Waals surface area contributed by atoms with Gasteiger partial charge in [0.05, 0.1) is 22.7 Å². The molecule has 0 saturated heterocycles. The van der Waals surface area contributed by atoms with Gasteiger partial charge in [0.25, 0.3) is 0 Å². The van der Waals surface area contributed by atoms with Crippen molar-refractivity contribution in [3.63, 3.8) is 0 Å². The Bertz CT molecular complexity index is 563. The zero-order chi connectivity index (χ0) is 18.5. The summed E-state index contributed by atoms with van der Waals surface area (Å²) in [5, 5.41) is 1.04. The first-order valence-corrected chi connectivity index (χ1v) is 10.1. The first-order valence-electron chi connectivity index (χ1n) is 9.30. The van der Waals surface area contributed by atoms with E-state index in [2.05, 4.69) is 16.6 Å². The predicted molar refractivity (Wildman–Crippen MR) is 104 cm³/mol. The number of nitrogens with zero attached hydrogens (tertiary/aromatic N) is 1. The van der Waals surface area contributed by atoms with Gasteiger partial charge in [0.1, 0.15) is 0 Å². The van der Waals surface area contributed by atoms with Crippen LogP contribution in [0, 0.1) is 6.92 Å². The number of carbonyl (C=O) groups is 2. The lowest BCUT2D eigenvalue weighted by Gasteiger charge is -2.01. The molecule has 4 nitrogen and oxygen atoms in total. The topological polar surface area (TPSA) is 56.3 Å². The summed E-state index contributed by atoms with van der Waals surface area (Å²) in [7, 11) is 1.43. The molecule has 0 spiro atoms. The highest BCUT2D eigenvalue weighted by molar-refractivity contribution is 7.12. The summed E-state index contributed by atoms with van der Waals surface area (Å²) in [6.07, 6.45) is 13.0. The average Bonchev–Trinajstić information content (AvgIpc) is 2.95. The van der Waals surface area contributed by atoms with E-state index in [1.807, 2.05) is 13.0 Å². The number of aromatic nitrogens is 1. The quantitative estimate of drug-likeness (QED) is 0.271. The fourth-order valence-corrected chi connectivity index (χ4v) is 3.49. The van der Waals surface area contributed by atoms with E-state index in [1.165, 1.54) is 7.11 Å². The van der Waals surface area contributed by atoms with Crippen LogP contribution in [0.1, 0.15) is 80.3 Å². The molecule has 0 unspecified atom stereocenters. The largest absolute Gasteiger partial charge is 0.469 e. The molecule has 0 aliphatic heterocycles. The molecule has 0 saturated carbocycles. The maximum atomic E-state index is 11.9. The van der Waals surface area contributed by atoms with Crippen molar-refractivity contribution in [2.24, 2.45) is 0 Å². The minimum atomic E-state index is -0.133. The second kappa shape index (κ2) is 12.8. The molecule has 1 heterocycles. The van der Waals surface area contributed by atoms with Gasteiger partial charge < -0.3 is 4.74 Å². The molecule has 0 radical (unpaired) electrons. The van der Waals surface area contributed by atoms with E-state index in [0.29, 0.717) is 12.8 Å². The summed E-state index contributed by atoms with van der Waals surface area (Å²) in [5.74, 6) is 0.0689. The van der Waals surface area contributed by atoms with E-state index in [4.69, 9.17) is 0 Å². The summed E-state index contributed by atoms with van der Waals surface area (Å²) in [4.78, 5) is 28.7. The Labute approximate surface area is 155 Å². The summed E-state index contributed by atoms with van der Waals surface area (Å²) in [6.45, 7) is 4.15. The van der Waals surface area contributed by atoms with E-state index >= 15 is 0 Å². The normalized spacial score (nSPS) is 11.2. The highest BCUT2D eigenvalue weighted by atomic mass is 32.1. The fraction of sp³-hybridized carbons (Fsp3) is 0.650. The van der Waals surface area contributed by atoms with Crippen LogP contribution < -0.4 is 0 Å². The average molecular weight is 366 g/mol. The van der Waals surface area contributed by atoms with Gasteiger partial charge in [-0.1, -0.05) is 32.6 Å². The summed E-state index contributed by atoms with van der Waals surface area (Å²) in [5.41, 5.74) is 1.09. The molecule has 0 aliphatic carbocycles. The van der Waals surface area contributed by atoms with Crippen LogP contribution in [0.5, 0.6) is 0 Å². The molecule has 140 valence electrons. The number of thiazole rings is 1. The molecule has 0 bridgehead atoms. The molecule has 1 aromatic rings. The van der Waals surface area contributed by atoms with Crippen LogP contribution in [0.15, 0.2) is 6.08 Å². The van der Waals surface area contributed by atoms with Crippen LogP contribution in [0.3, 0.4) is 0 Å². The maximum Gasteiger partial charge on any atom is 0.305 e. The molecule has 5 heteroatoms. The number of hydrogen-bond donors (Lipinski definition) is 0. The molecule has 25 heavy (non-hydrogen) atoms. The summed E-state index contributed by atoms with van der Waals surface area (Å²) >= 11 is 1.65. The number of hydrogen-bond acceptors (Lipinski definition) is 5. The van der Waals surface area contributed by atoms with Crippen molar-refractivity contribution in [2.75, 3.05) is 7.11 Å². The Morgan fingerprint density at radius 2 is 1.80 bits per heavy atom. The Morgan fingerprint density at radius 1 is 1.08 bits per heavy atom. The molecular formula is C20H31NO3S. The van der Waals surface area contributed by atoms with E-state index in [1.54, 1.807) is 17.4 Å². The lowest BCUT2D eigenvalue weighted by atomic mass is 10.1. The zero-order valence-electron chi connectivity index (χ0n) is 15.8. The van der Waals surface area contributed by atoms with E-state index < -0.39 is 0 Å². The first-order chi connectivity index (χ1) is 12.1. The third-order valence-electron chi connectivity index (χ3n) is 4.05. The van der Waals surface area contributed by atoms with Crippen molar-refractivity contribution < 1.29 is 14.3 Å². The Morgan fingerprint density at radius 3 is 2.52 bits per heavy atom. The van der Waals surface area contributed by atoms with Gasteiger partial charge in [-0.2, -0.15) is 0 Å². The molecule has 0 atom stereocenters. The van der Waals surface area contributed by atoms with Gasteiger partial charge in [-0.15, -0.1) is 11.3 Å². The monoisotopic (exact) mass is 365 g/mol. The molecule has 1 aromatic heterocycles. The van der Waals surface area contributed by atoms with Crippen LogP contribution in [-0.4, -0.2) is 23.8 Å². The van der Waals surface area contributed by atoms with Gasteiger partial charge >= 0.3 is 5.97 Å². The molecule has 0 amide bonds. The lowest BCUT2D eigenvalue weighted by Crippen LogP contribution is -1.99. The van der Waals surface area contributed by atoms with E-state index in [-0.39, 0.29) is 11.8 Å². The highest BCUT2D eigenvalue weighted by Crippen LogP contribution is 2.22. The van der Waals surface area contributed by atoms with E-state index in [0.717, 1.165) is 66.9 Å². The smallest absolute Gasteiger partial charge is 0.305 e. The van der Waals surface area contributed by atoms with Crippen LogP contribution in [0.25, 0.3) is 6.08 Å². The SMILES string of the molecule is CCCCCC(=O)/C=C/c1sc(C)nc1CCCCCCC(=O)OC. The predicted octanol–water partition coefficient (Wildman–Crippen LogP) is 5.28. The third kappa shape index (κ3) is 9.54. The summed E-state index contributed by atoms with van der Waals surface area (Å²) in [6, 6.07) is 0. The van der Waals surface area contributed by atoms with Crippen molar-refractivity contribution in [2.45, 2.75) is 78.1 Å². The van der Waals surface area contributed by atoms with Crippen molar-refractivity contribution in [1.29, 1.82) is 0 Å². The molecular weight excluding hydrogens is 334 g/mol. The van der Waals surface area contributed by atoms with Crippen molar-refractivity contribution >= 4 is 29.2 Å². The van der Waals surface area contributed by atoms with Crippen molar-refractivity contribution in [3.05, 3.63) is 21.7 Å².